The summed E-state index contributed by atoms with van der Waals surface area (Å²) in [5.74, 6) is 0. The minimum Gasteiger partial charge on any atom is -0.303 e. The molecule has 0 spiro atoms. The maximum atomic E-state index is 10.6. The van der Waals surface area contributed by atoms with Gasteiger partial charge in [0.1, 0.15) is 0 Å². The van der Waals surface area contributed by atoms with Crippen LogP contribution in [0.3, 0.4) is 0 Å². The number of H-pyrrole nitrogens is 2. The van der Waals surface area contributed by atoms with Gasteiger partial charge in [-0.25, -0.2) is 4.79 Å². The Morgan fingerprint density at radius 2 is 2.20 bits per heavy atom. The molecule has 0 aliphatic heterocycles. The molecule has 2 heterocycles. The van der Waals surface area contributed by atoms with E-state index < -0.39 is 0 Å². The number of hydrogen-bond acceptors (Lipinski definition) is 3. The summed E-state index contributed by atoms with van der Waals surface area (Å²) in [6, 6.07) is 0. The highest BCUT2D eigenvalue weighted by Crippen LogP contribution is 1.99. The first-order chi connectivity index (χ1) is 4.86. The molecular formula is C5H4N4O. The van der Waals surface area contributed by atoms with Gasteiger partial charge in [0.05, 0.1) is 23.4 Å². The molecule has 0 fully saturated rings. The average Bonchev–Trinajstić information content (AvgIpc) is 2.33. The lowest BCUT2D eigenvalue weighted by Crippen LogP contribution is -2.07. The lowest BCUT2D eigenvalue weighted by Gasteiger charge is -1.82. The fourth-order valence-electron chi connectivity index (χ4n) is 0.765. The second-order valence-electron chi connectivity index (χ2n) is 1.89. The first kappa shape index (κ1) is 5.16. The predicted octanol–water partition coefficient (Wildman–Crippen LogP) is -0.354. The Hall–Kier alpha value is -1.65. The van der Waals surface area contributed by atoms with Gasteiger partial charge in [0, 0.05) is 0 Å². The summed E-state index contributed by atoms with van der Waals surface area (Å²) in [6.07, 6.45) is 2.99. The van der Waals surface area contributed by atoms with Crippen molar-refractivity contribution in [3.63, 3.8) is 0 Å². The van der Waals surface area contributed by atoms with E-state index in [1.54, 1.807) is 6.20 Å². The van der Waals surface area contributed by atoms with Gasteiger partial charge in [-0.15, -0.1) is 0 Å². The highest BCUT2D eigenvalue weighted by Gasteiger charge is 1.93. The number of nitrogens with one attached hydrogen (secondary N) is 2. The summed E-state index contributed by atoms with van der Waals surface area (Å²) in [7, 11) is 0. The molecule has 0 unspecified atom stereocenters. The monoisotopic (exact) mass is 136 g/mol. The second kappa shape index (κ2) is 1.66. The zero-order valence-electron chi connectivity index (χ0n) is 4.96. The van der Waals surface area contributed by atoms with Gasteiger partial charge in [0.15, 0.2) is 0 Å². The molecule has 0 aliphatic carbocycles. The molecule has 0 bridgehead atoms. The van der Waals surface area contributed by atoms with Crippen molar-refractivity contribution in [3.05, 3.63) is 22.9 Å². The molecule has 0 aliphatic rings. The van der Waals surface area contributed by atoms with Crippen molar-refractivity contribution >= 4 is 11.0 Å². The average molecular weight is 136 g/mol. The normalized spacial score (nSPS) is 10.4. The molecular weight excluding hydrogens is 132 g/mol. The molecule has 0 atom stereocenters. The van der Waals surface area contributed by atoms with Gasteiger partial charge < -0.3 is 4.98 Å². The van der Waals surface area contributed by atoms with Crippen LogP contribution in [-0.4, -0.2) is 20.2 Å². The summed E-state index contributed by atoms with van der Waals surface area (Å²) in [4.78, 5) is 16.6. The van der Waals surface area contributed by atoms with Crippen LogP contribution in [0.2, 0.25) is 0 Å². The zero-order valence-corrected chi connectivity index (χ0v) is 4.96. The Kier molecular flexibility index (Phi) is 0.858. The number of hydrogen-bond donors (Lipinski definition) is 2. The van der Waals surface area contributed by atoms with Crippen molar-refractivity contribution in [2.24, 2.45) is 0 Å². The van der Waals surface area contributed by atoms with Gasteiger partial charge in [-0.3, -0.25) is 5.10 Å². The first-order valence-electron chi connectivity index (χ1n) is 2.75. The molecule has 2 aromatic heterocycles. The molecule has 0 aromatic carbocycles. The van der Waals surface area contributed by atoms with E-state index in [0.29, 0.717) is 5.52 Å². The molecule has 10 heavy (non-hydrogen) atoms. The first-order valence-corrected chi connectivity index (χ1v) is 2.75. The van der Waals surface area contributed by atoms with Crippen LogP contribution >= 0.6 is 0 Å². The van der Waals surface area contributed by atoms with Gasteiger partial charge in [0.2, 0.25) is 0 Å². The number of fused-ring (bicyclic) bond motifs is 1. The van der Waals surface area contributed by atoms with Gasteiger partial charge >= 0.3 is 5.69 Å². The molecule has 5 heteroatoms. The number of rotatable bonds is 0. The van der Waals surface area contributed by atoms with Crippen LogP contribution in [0.15, 0.2) is 17.2 Å². The molecule has 2 aromatic rings. The molecule has 0 radical (unpaired) electrons. The van der Waals surface area contributed by atoms with E-state index in [1.807, 2.05) is 0 Å². The van der Waals surface area contributed by atoms with Crippen molar-refractivity contribution in [3.8, 4) is 0 Å². The van der Waals surface area contributed by atoms with Gasteiger partial charge in [-0.05, 0) is 0 Å². The van der Waals surface area contributed by atoms with Crippen LogP contribution in [0, 0.1) is 0 Å². The lowest BCUT2D eigenvalue weighted by molar-refractivity contribution is 1.10. The van der Waals surface area contributed by atoms with E-state index in [9.17, 15) is 4.79 Å². The minimum atomic E-state index is -0.353. The Morgan fingerprint density at radius 1 is 1.30 bits per heavy atom. The maximum absolute atomic E-state index is 10.6. The predicted molar refractivity (Wildman–Crippen MR) is 34.5 cm³/mol. The topological polar surface area (TPSA) is 74.4 Å². The minimum absolute atomic E-state index is 0.353. The largest absolute Gasteiger partial charge is 0.345 e. The number of aromatic amines is 2. The van der Waals surface area contributed by atoms with E-state index >= 15 is 0 Å². The molecule has 50 valence electrons. The van der Waals surface area contributed by atoms with Gasteiger partial charge in [0.25, 0.3) is 0 Å². The van der Waals surface area contributed by atoms with Crippen LogP contribution in [0.4, 0.5) is 0 Å². The van der Waals surface area contributed by atoms with Crippen molar-refractivity contribution in [1.82, 2.24) is 20.2 Å². The standard InChI is InChI=1S/C5H4N4O/c10-5-6-1-4-3(8-5)2-7-9-4/h1-2H,(H,7,9)(H,6,8,10). The third kappa shape index (κ3) is 0.604. The summed E-state index contributed by atoms with van der Waals surface area (Å²) in [5, 5.41) is 6.37. The molecule has 2 rings (SSSR count). The van der Waals surface area contributed by atoms with E-state index in [-0.39, 0.29) is 5.69 Å². The van der Waals surface area contributed by atoms with E-state index in [4.69, 9.17) is 0 Å². The fraction of sp³-hybridized carbons (Fsp3) is 0. The van der Waals surface area contributed by atoms with Gasteiger partial charge in [-0.1, -0.05) is 0 Å². The van der Waals surface area contributed by atoms with Crippen LogP contribution in [0.1, 0.15) is 0 Å². The third-order valence-electron chi connectivity index (χ3n) is 1.22. The third-order valence-corrected chi connectivity index (χ3v) is 1.22. The highest BCUT2D eigenvalue weighted by molar-refractivity contribution is 5.71. The molecule has 2 N–H and O–H groups in total. The van der Waals surface area contributed by atoms with Gasteiger partial charge in [-0.2, -0.15) is 10.1 Å². The van der Waals surface area contributed by atoms with E-state index in [1.165, 1.54) is 6.20 Å². The highest BCUT2D eigenvalue weighted by atomic mass is 16.1. The lowest BCUT2D eigenvalue weighted by atomic mass is 10.5. The Bertz CT molecular complexity index is 401. The quantitative estimate of drug-likeness (QED) is 0.519. The van der Waals surface area contributed by atoms with Crippen molar-refractivity contribution in [1.29, 1.82) is 0 Å². The van der Waals surface area contributed by atoms with Crippen LogP contribution in [0.25, 0.3) is 11.0 Å². The molecule has 5 nitrogen and oxygen atoms in total. The smallest absolute Gasteiger partial charge is 0.303 e. The fourth-order valence-corrected chi connectivity index (χ4v) is 0.765. The van der Waals surface area contributed by atoms with Crippen LogP contribution < -0.4 is 5.69 Å². The number of nitrogens with zero attached hydrogens (tertiary/aromatic N) is 2. The van der Waals surface area contributed by atoms with Crippen molar-refractivity contribution < 1.29 is 0 Å². The van der Waals surface area contributed by atoms with E-state index in [2.05, 4.69) is 20.2 Å². The number of aromatic nitrogens is 4. The Balaban J connectivity index is 2.99. The summed E-state index contributed by atoms with van der Waals surface area (Å²) >= 11 is 0. The van der Waals surface area contributed by atoms with Crippen LogP contribution in [-0.2, 0) is 0 Å². The summed E-state index contributed by atoms with van der Waals surface area (Å²) in [5.41, 5.74) is 1.06. The molecule has 0 amide bonds. The second-order valence-corrected chi connectivity index (χ2v) is 1.89. The van der Waals surface area contributed by atoms with E-state index in [0.717, 1.165) is 5.52 Å². The Morgan fingerprint density at radius 3 is 3.10 bits per heavy atom. The maximum Gasteiger partial charge on any atom is 0.345 e. The van der Waals surface area contributed by atoms with Crippen molar-refractivity contribution in [2.45, 2.75) is 0 Å². The summed E-state index contributed by atoms with van der Waals surface area (Å²) < 4.78 is 0. The zero-order chi connectivity index (χ0) is 6.97. The molecule has 0 saturated carbocycles. The SMILES string of the molecule is O=c1ncc2[nH]ncc2[nH]1. The Labute approximate surface area is 55.1 Å². The van der Waals surface area contributed by atoms with Crippen molar-refractivity contribution in [2.75, 3.05) is 0 Å². The molecule has 0 saturated heterocycles. The summed E-state index contributed by atoms with van der Waals surface area (Å²) in [6.45, 7) is 0. The van der Waals surface area contributed by atoms with Crippen LogP contribution in [0.5, 0.6) is 0 Å².